The van der Waals surface area contributed by atoms with Crippen molar-refractivity contribution >= 4 is 29.6 Å². The molecule has 1 fully saturated rings. The highest BCUT2D eigenvalue weighted by atomic mass is 32.2. The van der Waals surface area contributed by atoms with Crippen molar-refractivity contribution in [2.45, 2.75) is 44.8 Å². The predicted molar refractivity (Wildman–Crippen MR) is 136 cm³/mol. The lowest BCUT2D eigenvalue weighted by Gasteiger charge is -2.28. The van der Waals surface area contributed by atoms with E-state index in [0.29, 0.717) is 61.0 Å². The third kappa shape index (κ3) is 6.01. The molecule has 10 nitrogen and oxygen atoms in total. The largest absolute Gasteiger partial charge is 0.484 e. The highest BCUT2D eigenvalue weighted by molar-refractivity contribution is 7.99. The first-order valence-corrected chi connectivity index (χ1v) is 13.3. The molecule has 0 radical (unpaired) electrons. The molecule has 1 atom stereocenters. The molecule has 0 bridgehead atoms. The predicted octanol–water partition coefficient (Wildman–Crippen LogP) is 3.26. The second kappa shape index (κ2) is 12.3. The summed E-state index contributed by atoms with van der Waals surface area (Å²) in [6.45, 7) is 8.48. The maximum absolute atomic E-state index is 13.1. The van der Waals surface area contributed by atoms with E-state index in [0.717, 1.165) is 24.2 Å². The molecule has 1 saturated heterocycles. The quantitative estimate of drug-likeness (QED) is 0.377. The first kappa shape index (κ1) is 26.0. The van der Waals surface area contributed by atoms with Gasteiger partial charge in [-0.2, -0.15) is 4.98 Å². The van der Waals surface area contributed by atoms with E-state index in [9.17, 15) is 9.59 Å². The molecule has 2 aromatic rings. The number of carbonyl (C=O) groups is 2. The Balaban J connectivity index is 1.56. The van der Waals surface area contributed by atoms with Gasteiger partial charge in [-0.15, -0.1) is 5.10 Å². The number of nitrogens with zero attached hydrogens (tertiary/aromatic N) is 4. The minimum absolute atomic E-state index is 0.0362. The number of hydrogen-bond donors (Lipinski definition) is 1. The van der Waals surface area contributed by atoms with Gasteiger partial charge < -0.3 is 24.4 Å². The van der Waals surface area contributed by atoms with E-state index in [1.165, 1.54) is 0 Å². The van der Waals surface area contributed by atoms with Gasteiger partial charge in [-0.3, -0.25) is 4.79 Å². The average Bonchev–Trinajstić information content (AvgIpc) is 3.31. The molecule has 11 heteroatoms. The summed E-state index contributed by atoms with van der Waals surface area (Å²) in [4.78, 5) is 31.8. The number of hydrogen-bond acceptors (Lipinski definition) is 9. The smallest absolute Gasteiger partial charge is 0.338 e. The van der Waals surface area contributed by atoms with E-state index in [1.54, 1.807) is 33.5 Å². The van der Waals surface area contributed by atoms with Gasteiger partial charge in [-0.25, -0.2) is 9.48 Å². The van der Waals surface area contributed by atoms with Crippen molar-refractivity contribution in [1.82, 2.24) is 19.7 Å². The molecule has 0 aliphatic carbocycles. The fourth-order valence-electron chi connectivity index (χ4n) is 4.03. The Bertz CT molecular complexity index is 1090. The van der Waals surface area contributed by atoms with Crippen molar-refractivity contribution in [2.75, 3.05) is 50.6 Å². The molecule has 1 aromatic heterocycles. The summed E-state index contributed by atoms with van der Waals surface area (Å²) in [5.41, 5.74) is 2.01. The SMILES string of the molecule is CCCOC(=O)C1=C(C)Nc2nc(SCCC)nn2C1c1ccc(OCC(=O)N2CCOCC2)cc1. The minimum Gasteiger partial charge on any atom is -0.484 e. The summed E-state index contributed by atoms with van der Waals surface area (Å²) in [5.74, 6) is 1.61. The third-order valence-electron chi connectivity index (χ3n) is 5.85. The highest BCUT2D eigenvalue weighted by Gasteiger charge is 2.35. The first-order chi connectivity index (χ1) is 17.5. The minimum atomic E-state index is -0.502. The Morgan fingerprint density at radius 3 is 2.61 bits per heavy atom. The Kier molecular flexibility index (Phi) is 8.87. The number of nitrogens with one attached hydrogen (secondary N) is 1. The van der Waals surface area contributed by atoms with Crippen LogP contribution in [0.3, 0.4) is 0 Å². The highest BCUT2D eigenvalue weighted by Crippen LogP contribution is 2.37. The van der Waals surface area contributed by atoms with Crippen LogP contribution in [0.1, 0.15) is 45.2 Å². The van der Waals surface area contributed by atoms with Gasteiger partial charge in [-0.1, -0.05) is 37.7 Å². The summed E-state index contributed by atoms with van der Waals surface area (Å²) >= 11 is 1.58. The van der Waals surface area contributed by atoms with Gasteiger partial charge in [0.05, 0.1) is 25.4 Å². The Morgan fingerprint density at radius 2 is 1.92 bits per heavy atom. The van der Waals surface area contributed by atoms with Crippen LogP contribution < -0.4 is 10.1 Å². The van der Waals surface area contributed by atoms with Crippen molar-refractivity contribution in [3.05, 3.63) is 41.1 Å². The summed E-state index contributed by atoms with van der Waals surface area (Å²) in [7, 11) is 0. The molecule has 0 spiro atoms. The van der Waals surface area contributed by atoms with E-state index in [1.807, 2.05) is 26.0 Å². The van der Waals surface area contributed by atoms with Crippen LogP contribution in [0.25, 0.3) is 0 Å². The molecule has 194 valence electrons. The second-order valence-corrected chi connectivity index (χ2v) is 9.63. The van der Waals surface area contributed by atoms with Crippen molar-refractivity contribution in [3.8, 4) is 5.75 Å². The zero-order chi connectivity index (χ0) is 25.5. The number of ether oxygens (including phenoxy) is 3. The van der Waals surface area contributed by atoms with E-state index in [4.69, 9.17) is 19.3 Å². The molecule has 4 rings (SSSR count). The standard InChI is InChI=1S/C25H33N5O5S/c1-4-12-34-23(32)21-17(3)26-24-27-25(36-15-5-2)28-30(24)22(21)18-6-8-19(9-7-18)35-16-20(31)29-10-13-33-14-11-29/h6-9,22H,4-5,10-16H2,1-3H3,(H,26,27,28). The molecule has 1 N–H and O–H groups in total. The maximum atomic E-state index is 13.1. The normalized spacial score (nSPS) is 17.4. The number of thioether (sulfide) groups is 1. The zero-order valence-electron chi connectivity index (χ0n) is 21.0. The molecule has 0 saturated carbocycles. The van der Waals surface area contributed by atoms with Crippen LogP contribution in [0.2, 0.25) is 0 Å². The van der Waals surface area contributed by atoms with Crippen LogP contribution in [0.15, 0.2) is 40.7 Å². The van der Waals surface area contributed by atoms with Crippen molar-refractivity contribution in [1.29, 1.82) is 0 Å². The number of benzene rings is 1. The van der Waals surface area contributed by atoms with Crippen LogP contribution >= 0.6 is 11.8 Å². The summed E-state index contributed by atoms with van der Waals surface area (Å²) in [5, 5.41) is 8.57. The van der Waals surface area contributed by atoms with E-state index >= 15 is 0 Å². The molecular weight excluding hydrogens is 482 g/mol. The summed E-state index contributed by atoms with van der Waals surface area (Å²) < 4.78 is 18.3. The molecule has 3 heterocycles. The zero-order valence-corrected chi connectivity index (χ0v) is 21.8. The van der Waals surface area contributed by atoms with Crippen LogP contribution in [-0.2, 0) is 19.1 Å². The van der Waals surface area contributed by atoms with Gasteiger partial charge in [0, 0.05) is 24.5 Å². The monoisotopic (exact) mass is 515 g/mol. The average molecular weight is 516 g/mol. The third-order valence-corrected chi connectivity index (χ3v) is 6.89. The van der Waals surface area contributed by atoms with Crippen LogP contribution in [0.4, 0.5) is 5.95 Å². The van der Waals surface area contributed by atoms with Gasteiger partial charge in [0.25, 0.3) is 5.91 Å². The van der Waals surface area contributed by atoms with Crippen molar-refractivity contribution in [2.24, 2.45) is 0 Å². The Hall–Kier alpha value is -3.05. The number of carbonyl (C=O) groups excluding carboxylic acids is 2. The number of rotatable bonds is 10. The molecule has 36 heavy (non-hydrogen) atoms. The van der Waals surface area contributed by atoms with Crippen LogP contribution in [0, 0.1) is 0 Å². The molecule has 1 amide bonds. The van der Waals surface area contributed by atoms with E-state index in [-0.39, 0.29) is 18.5 Å². The van der Waals surface area contributed by atoms with Crippen LogP contribution in [-0.4, -0.2) is 76.8 Å². The van der Waals surface area contributed by atoms with Crippen LogP contribution in [0.5, 0.6) is 5.75 Å². The number of aromatic nitrogens is 3. The van der Waals surface area contributed by atoms with Gasteiger partial charge >= 0.3 is 5.97 Å². The van der Waals surface area contributed by atoms with Crippen molar-refractivity contribution < 1.29 is 23.8 Å². The fraction of sp³-hybridized carbons (Fsp3) is 0.520. The topological polar surface area (TPSA) is 108 Å². The molecule has 2 aliphatic heterocycles. The van der Waals surface area contributed by atoms with Gasteiger partial charge in [0.1, 0.15) is 11.8 Å². The summed E-state index contributed by atoms with van der Waals surface area (Å²) in [6.07, 6.45) is 1.74. The van der Waals surface area contributed by atoms with Gasteiger partial charge in [-0.05, 0) is 37.5 Å². The number of anilines is 1. The Labute approximate surface area is 215 Å². The number of allylic oxidation sites excluding steroid dienone is 1. The lowest BCUT2D eigenvalue weighted by molar-refractivity contribution is -0.139. The molecule has 1 unspecified atom stereocenters. The lowest BCUT2D eigenvalue weighted by Crippen LogP contribution is -2.42. The second-order valence-electron chi connectivity index (χ2n) is 8.56. The molecule has 2 aliphatic rings. The first-order valence-electron chi connectivity index (χ1n) is 12.3. The fourth-order valence-corrected chi connectivity index (χ4v) is 4.71. The molecule has 1 aromatic carbocycles. The maximum Gasteiger partial charge on any atom is 0.338 e. The number of amides is 1. The van der Waals surface area contributed by atoms with Crippen molar-refractivity contribution in [3.63, 3.8) is 0 Å². The van der Waals surface area contributed by atoms with Gasteiger partial charge in [0.15, 0.2) is 6.61 Å². The van der Waals surface area contributed by atoms with E-state index < -0.39 is 6.04 Å². The lowest BCUT2D eigenvalue weighted by atomic mass is 9.96. The Morgan fingerprint density at radius 1 is 1.17 bits per heavy atom. The number of morpholine rings is 1. The number of fused-ring (bicyclic) bond motifs is 1. The molecular formula is C25H33N5O5S. The summed E-state index contributed by atoms with van der Waals surface area (Å²) in [6, 6.07) is 6.87. The van der Waals surface area contributed by atoms with Gasteiger partial charge in [0.2, 0.25) is 11.1 Å². The van der Waals surface area contributed by atoms with E-state index in [2.05, 4.69) is 17.2 Å². The number of esters is 1.